The van der Waals surface area contributed by atoms with Crippen molar-refractivity contribution in [2.45, 2.75) is 11.3 Å². The maximum absolute atomic E-state index is 10.5. The minimum Gasteiger partial charge on any atom is -0.396 e. The fourth-order valence-electron chi connectivity index (χ4n) is 0.967. The molecule has 0 unspecified atom stereocenters. The Balaban J connectivity index is 2.70. The minimum atomic E-state index is -0.398. The molecule has 0 bridgehead atoms. The molecule has 0 aliphatic rings. The third kappa shape index (κ3) is 3.96. The van der Waals surface area contributed by atoms with Gasteiger partial charge in [0.25, 0.3) is 5.69 Å². The molecule has 15 heavy (non-hydrogen) atoms. The van der Waals surface area contributed by atoms with Crippen LogP contribution in [0.25, 0.3) is 0 Å². The molecule has 0 radical (unpaired) electrons. The van der Waals surface area contributed by atoms with Crippen molar-refractivity contribution < 1.29 is 10.0 Å². The molecule has 0 fully saturated rings. The van der Waals surface area contributed by atoms with Gasteiger partial charge in [-0.25, -0.2) is 0 Å². The van der Waals surface area contributed by atoms with Gasteiger partial charge in [-0.05, 0) is 35.1 Å². The molecule has 0 aliphatic heterocycles. The largest absolute Gasteiger partial charge is 0.396 e. The zero-order chi connectivity index (χ0) is 11.3. The third-order valence-electron chi connectivity index (χ3n) is 1.69. The molecule has 0 saturated carbocycles. The van der Waals surface area contributed by atoms with Crippen LogP contribution in [0.15, 0.2) is 23.1 Å². The van der Waals surface area contributed by atoms with Crippen molar-refractivity contribution in [3.63, 3.8) is 0 Å². The van der Waals surface area contributed by atoms with Crippen molar-refractivity contribution in [2.24, 2.45) is 0 Å². The minimum absolute atomic E-state index is 0.117. The molecule has 6 heteroatoms. The molecule has 0 heterocycles. The van der Waals surface area contributed by atoms with Crippen LogP contribution in [-0.4, -0.2) is 22.4 Å². The normalized spacial score (nSPS) is 10.3. The van der Waals surface area contributed by atoms with E-state index >= 15 is 0 Å². The molecule has 4 nitrogen and oxygen atoms in total. The second-order valence-corrected chi connectivity index (χ2v) is 5.10. The molecular formula is C9H10INO3S. The molecule has 1 aromatic carbocycles. The summed E-state index contributed by atoms with van der Waals surface area (Å²) in [7, 11) is 0. The van der Waals surface area contributed by atoms with Crippen LogP contribution in [0.3, 0.4) is 0 Å². The zero-order valence-electron chi connectivity index (χ0n) is 7.85. The van der Waals surface area contributed by atoms with Crippen LogP contribution in [0, 0.1) is 13.7 Å². The summed E-state index contributed by atoms with van der Waals surface area (Å²) in [5, 5.41) is 19.1. The van der Waals surface area contributed by atoms with Gasteiger partial charge in [-0.3, -0.25) is 10.1 Å². The van der Waals surface area contributed by atoms with E-state index in [4.69, 9.17) is 5.11 Å². The SMILES string of the molecule is O=[N+]([O-])c1ccc(SCCCO)c(I)c1. The maximum atomic E-state index is 10.5. The summed E-state index contributed by atoms with van der Waals surface area (Å²) < 4.78 is 0.879. The lowest BCUT2D eigenvalue weighted by atomic mass is 10.3. The topological polar surface area (TPSA) is 63.4 Å². The Bertz CT molecular complexity index is 359. The highest BCUT2D eigenvalue weighted by Crippen LogP contribution is 2.28. The van der Waals surface area contributed by atoms with Gasteiger partial charge < -0.3 is 5.11 Å². The average Bonchev–Trinajstić information content (AvgIpc) is 2.20. The zero-order valence-corrected chi connectivity index (χ0v) is 10.8. The number of nitrogens with zero attached hydrogens (tertiary/aromatic N) is 1. The lowest BCUT2D eigenvalue weighted by Gasteiger charge is -2.02. The molecule has 0 spiro atoms. The van der Waals surface area contributed by atoms with Crippen LogP contribution in [0.5, 0.6) is 0 Å². The molecule has 0 saturated heterocycles. The maximum Gasteiger partial charge on any atom is 0.270 e. The first-order chi connectivity index (χ1) is 7.15. The third-order valence-corrected chi connectivity index (χ3v) is 4.10. The molecule has 82 valence electrons. The number of aliphatic hydroxyl groups is 1. The van der Waals surface area contributed by atoms with E-state index in [2.05, 4.69) is 22.6 Å². The molecular weight excluding hydrogens is 329 g/mol. The molecule has 1 N–H and O–H groups in total. The van der Waals surface area contributed by atoms with Gasteiger partial charge in [0.1, 0.15) is 0 Å². The molecule has 0 aliphatic carbocycles. The highest BCUT2D eigenvalue weighted by molar-refractivity contribution is 14.1. The van der Waals surface area contributed by atoms with Crippen LogP contribution in [0.2, 0.25) is 0 Å². The van der Waals surface area contributed by atoms with Crippen molar-refractivity contribution in [3.8, 4) is 0 Å². The predicted octanol–water partition coefficient (Wildman–Crippen LogP) is 2.67. The highest BCUT2D eigenvalue weighted by atomic mass is 127. The lowest BCUT2D eigenvalue weighted by molar-refractivity contribution is -0.385. The van der Waals surface area contributed by atoms with Gasteiger partial charge in [0.2, 0.25) is 0 Å². The van der Waals surface area contributed by atoms with Crippen molar-refractivity contribution in [1.82, 2.24) is 0 Å². The molecule has 0 aromatic heterocycles. The van der Waals surface area contributed by atoms with Gasteiger partial charge in [-0.2, -0.15) is 0 Å². The Morgan fingerprint density at radius 1 is 1.53 bits per heavy atom. The van der Waals surface area contributed by atoms with E-state index in [1.807, 2.05) is 0 Å². The first-order valence-electron chi connectivity index (χ1n) is 4.32. The summed E-state index contributed by atoms with van der Waals surface area (Å²) in [4.78, 5) is 11.1. The van der Waals surface area contributed by atoms with E-state index in [1.165, 1.54) is 6.07 Å². The number of hydrogen-bond acceptors (Lipinski definition) is 4. The molecule has 0 atom stereocenters. The number of aliphatic hydroxyl groups excluding tert-OH is 1. The smallest absolute Gasteiger partial charge is 0.270 e. The van der Waals surface area contributed by atoms with E-state index in [9.17, 15) is 10.1 Å². The van der Waals surface area contributed by atoms with Crippen molar-refractivity contribution >= 4 is 40.0 Å². The van der Waals surface area contributed by atoms with E-state index in [0.717, 1.165) is 20.6 Å². The number of benzene rings is 1. The molecule has 1 aromatic rings. The number of non-ortho nitro benzene ring substituents is 1. The lowest BCUT2D eigenvalue weighted by Crippen LogP contribution is -1.91. The van der Waals surface area contributed by atoms with Gasteiger partial charge >= 0.3 is 0 Å². The Labute approximate surface area is 105 Å². The molecule has 1 rings (SSSR count). The van der Waals surface area contributed by atoms with Crippen LogP contribution in [0.1, 0.15) is 6.42 Å². The van der Waals surface area contributed by atoms with Crippen LogP contribution in [0.4, 0.5) is 5.69 Å². The second-order valence-electron chi connectivity index (χ2n) is 2.80. The predicted molar refractivity (Wildman–Crippen MR) is 68.2 cm³/mol. The van der Waals surface area contributed by atoms with Crippen LogP contribution in [-0.2, 0) is 0 Å². The quantitative estimate of drug-likeness (QED) is 0.295. The average molecular weight is 339 g/mol. The summed E-state index contributed by atoms with van der Waals surface area (Å²) in [6, 6.07) is 4.81. The summed E-state index contributed by atoms with van der Waals surface area (Å²) >= 11 is 3.69. The highest BCUT2D eigenvalue weighted by Gasteiger charge is 2.08. The standard InChI is InChI=1S/C9H10INO3S/c10-8-6-7(11(13)14)2-3-9(8)15-5-1-4-12/h2-3,6,12H,1,4-5H2. The second kappa shape index (κ2) is 6.29. The summed E-state index contributed by atoms with van der Waals surface area (Å²) in [6.07, 6.45) is 0.734. The monoisotopic (exact) mass is 339 g/mol. The fourth-order valence-corrected chi connectivity index (χ4v) is 2.79. The first-order valence-corrected chi connectivity index (χ1v) is 6.39. The summed E-state index contributed by atoms with van der Waals surface area (Å²) in [6.45, 7) is 0.177. The first kappa shape index (κ1) is 12.7. The number of halogens is 1. The van der Waals surface area contributed by atoms with E-state index in [0.29, 0.717) is 0 Å². The fraction of sp³-hybridized carbons (Fsp3) is 0.333. The van der Waals surface area contributed by atoms with E-state index in [1.54, 1.807) is 23.9 Å². The van der Waals surface area contributed by atoms with Gasteiger partial charge in [-0.1, -0.05) is 0 Å². The Kier molecular flexibility index (Phi) is 5.34. The Hall–Kier alpha value is -0.340. The van der Waals surface area contributed by atoms with Crippen LogP contribution < -0.4 is 0 Å². The van der Waals surface area contributed by atoms with E-state index in [-0.39, 0.29) is 12.3 Å². The van der Waals surface area contributed by atoms with Crippen molar-refractivity contribution in [2.75, 3.05) is 12.4 Å². The van der Waals surface area contributed by atoms with Crippen LogP contribution >= 0.6 is 34.4 Å². The summed E-state index contributed by atoms with van der Waals surface area (Å²) in [5.41, 5.74) is 0.117. The van der Waals surface area contributed by atoms with Gasteiger partial charge in [0, 0.05) is 33.0 Å². The number of rotatable bonds is 5. The van der Waals surface area contributed by atoms with Crippen molar-refractivity contribution in [1.29, 1.82) is 0 Å². The van der Waals surface area contributed by atoms with Gasteiger partial charge in [0.15, 0.2) is 0 Å². The number of thioether (sulfide) groups is 1. The van der Waals surface area contributed by atoms with Gasteiger partial charge in [0.05, 0.1) is 4.92 Å². The Morgan fingerprint density at radius 3 is 2.80 bits per heavy atom. The van der Waals surface area contributed by atoms with Gasteiger partial charge in [-0.15, -0.1) is 11.8 Å². The number of nitro groups is 1. The van der Waals surface area contributed by atoms with Crippen molar-refractivity contribution in [3.05, 3.63) is 31.9 Å². The summed E-state index contributed by atoms with van der Waals surface area (Å²) in [5.74, 6) is 0.824. The Morgan fingerprint density at radius 2 is 2.27 bits per heavy atom. The number of nitro benzene ring substituents is 1. The van der Waals surface area contributed by atoms with E-state index < -0.39 is 4.92 Å². The number of hydrogen-bond donors (Lipinski definition) is 1. The molecule has 0 amide bonds.